The largest absolute Gasteiger partial charge is 0.540 e. The van der Waals surface area contributed by atoms with E-state index >= 15 is 0 Å². The van der Waals surface area contributed by atoms with Gasteiger partial charge in [0.25, 0.3) is 12.3 Å². The molecule has 0 rings (SSSR count). The predicted octanol–water partition coefficient (Wildman–Crippen LogP) is 1.27. The van der Waals surface area contributed by atoms with Crippen LogP contribution < -0.4 is 5.11 Å². The molecule has 0 aliphatic carbocycles. The molecule has 0 aromatic rings. The van der Waals surface area contributed by atoms with Crippen LogP contribution in [0.2, 0.25) is 0 Å². The van der Waals surface area contributed by atoms with Crippen molar-refractivity contribution in [3.8, 4) is 0 Å². The van der Waals surface area contributed by atoms with Crippen molar-refractivity contribution in [2.24, 2.45) is 0 Å². The van der Waals surface area contributed by atoms with Crippen LogP contribution in [0.25, 0.3) is 0 Å². The molecule has 15 heavy (non-hydrogen) atoms. The van der Waals surface area contributed by atoms with Crippen LogP contribution in [0.1, 0.15) is 6.92 Å². The van der Waals surface area contributed by atoms with Gasteiger partial charge in [0.15, 0.2) is 0 Å². The molecule has 0 fully saturated rings. The van der Waals surface area contributed by atoms with E-state index < -0.39 is 30.5 Å². The van der Waals surface area contributed by atoms with Gasteiger partial charge in [0.05, 0.1) is 0 Å². The fourth-order valence-electron chi connectivity index (χ4n) is 0.647. The lowest BCUT2D eigenvalue weighted by molar-refractivity contribution is -0.310. The molecule has 0 amide bonds. The van der Waals surface area contributed by atoms with E-state index in [9.17, 15) is 36.2 Å². The number of rotatable bonds is 3. The molecule has 0 heterocycles. The maximum atomic E-state index is 12.6. The summed E-state index contributed by atoms with van der Waals surface area (Å²) in [6.07, 6.45) is -15.6. The summed E-state index contributed by atoms with van der Waals surface area (Å²) in [5.74, 6) is -5.00. The SMILES string of the molecule is CC(OC(=O)[O-])C(F)(F)C(F)C(F)(F)F. The van der Waals surface area contributed by atoms with Crippen LogP contribution in [0.4, 0.5) is 31.1 Å². The Hall–Kier alpha value is -1.15. The summed E-state index contributed by atoms with van der Waals surface area (Å²) < 4.78 is 75.3. The average molecular weight is 239 g/mol. The Kier molecular flexibility index (Phi) is 3.83. The number of halogens is 6. The van der Waals surface area contributed by atoms with E-state index in [1.54, 1.807) is 0 Å². The molecule has 0 saturated carbocycles. The number of alkyl halides is 6. The Bertz CT molecular complexity index is 238. The first-order valence-electron chi connectivity index (χ1n) is 3.45. The van der Waals surface area contributed by atoms with E-state index in [0.717, 1.165) is 0 Å². The van der Waals surface area contributed by atoms with Crippen molar-refractivity contribution in [2.75, 3.05) is 0 Å². The number of ether oxygens (including phenoxy) is 1. The Balaban J connectivity index is 4.73. The molecule has 0 spiro atoms. The van der Waals surface area contributed by atoms with E-state index in [-0.39, 0.29) is 6.92 Å². The zero-order valence-electron chi connectivity index (χ0n) is 7.15. The number of carbonyl (C=O) groups excluding carboxylic acids is 1. The summed E-state index contributed by atoms with van der Waals surface area (Å²) in [4.78, 5) is 9.66. The molecule has 3 nitrogen and oxygen atoms in total. The minimum absolute atomic E-state index is 0.286. The highest BCUT2D eigenvalue weighted by Crippen LogP contribution is 2.37. The monoisotopic (exact) mass is 239 g/mol. The highest BCUT2D eigenvalue weighted by Gasteiger charge is 2.59. The molecular weight excluding hydrogens is 234 g/mol. The quantitative estimate of drug-likeness (QED) is 0.550. The van der Waals surface area contributed by atoms with Gasteiger partial charge < -0.3 is 14.6 Å². The third-order valence-electron chi connectivity index (χ3n) is 1.44. The van der Waals surface area contributed by atoms with Crippen LogP contribution in [0.5, 0.6) is 0 Å². The van der Waals surface area contributed by atoms with Gasteiger partial charge in [-0.15, -0.1) is 0 Å². The summed E-state index contributed by atoms with van der Waals surface area (Å²) in [7, 11) is 0. The lowest BCUT2D eigenvalue weighted by Gasteiger charge is -2.30. The molecule has 2 atom stereocenters. The maximum absolute atomic E-state index is 12.6. The molecule has 0 aromatic heterocycles. The van der Waals surface area contributed by atoms with Crippen molar-refractivity contribution < 1.29 is 41.0 Å². The summed E-state index contributed by atoms with van der Waals surface area (Å²) >= 11 is 0. The lowest BCUT2D eigenvalue weighted by atomic mass is 10.1. The average Bonchev–Trinajstić information content (AvgIpc) is 1.99. The van der Waals surface area contributed by atoms with Gasteiger partial charge in [-0.05, 0) is 6.92 Å². The Labute approximate surface area is 79.6 Å². The highest BCUT2D eigenvalue weighted by atomic mass is 19.4. The standard InChI is InChI=1S/C6H6F6O3/c1-2(15-4(13)14)5(8,9)3(7)6(10,11)12/h2-3H,1H3,(H,13,14)/p-1. The fraction of sp³-hybridized carbons (Fsp3) is 0.833. The van der Waals surface area contributed by atoms with Crippen LogP contribution in [0.3, 0.4) is 0 Å². The maximum Gasteiger partial charge on any atom is 0.425 e. The molecule has 2 unspecified atom stereocenters. The van der Waals surface area contributed by atoms with E-state index in [2.05, 4.69) is 4.74 Å². The third kappa shape index (κ3) is 3.48. The topological polar surface area (TPSA) is 49.4 Å². The molecule has 0 radical (unpaired) electrons. The molecule has 0 aliphatic heterocycles. The number of hydrogen-bond donors (Lipinski definition) is 0. The molecule has 0 bridgehead atoms. The molecule has 0 saturated heterocycles. The van der Waals surface area contributed by atoms with Gasteiger partial charge in [0.2, 0.25) is 0 Å². The first-order valence-corrected chi connectivity index (χ1v) is 3.45. The second-order valence-electron chi connectivity index (χ2n) is 2.59. The minimum Gasteiger partial charge on any atom is -0.540 e. The Morgan fingerprint density at radius 3 is 1.93 bits per heavy atom. The summed E-state index contributed by atoms with van der Waals surface area (Å²) in [5.41, 5.74) is 0. The van der Waals surface area contributed by atoms with Gasteiger partial charge in [-0.1, -0.05) is 0 Å². The first kappa shape index (κ1) is 13.8. The first-order chi connectivity index (χ1) is 6.49. The molecule has 9 heteroatoms. The Morgan fingerprint density at radius 2 is 1.67 bits per heavy atom. The molecule has 0 N–H and O–H groups in total. The third-order valence-corrected chi connectivity index (χ3v) is 1.44. The van der Waals surface area contributed by atoms with Crippen LogP contribution in [-0.2, 0) is 4.74 Å². The van der Waals surface area contributed by atoms with Crippen molar-refractivity contribution in [3.63, 3.8) is 0 Å². The molecular formula is C6H5F6O3-. The Morgan fingerprint density at radius 1 is 1.27 bits per heavy atom. The number of carboxylic acid groups (broad SMARTS) is 1. The van der Waals surface area contributed by atoms with Crippen LogP contribution >= 0.6 is 0 Å². The highest BCUT2D eigenvalue weighted by molar-refractivity contribution is 5.54. The van der Waals surface area contributed by atoms with Gasteiger partial charge in [0.1, 0.15) is 6.10 Å². The van der Waals surface area contributed by atoms with Crippen LogP contribution in [-0.4, -0.2) is 30.5 Å². The van der Waals surface area contributed by atoms with Crippen molar-refractivity contribution in [3.05, 3.63) is 0 Å². The smallest absolute Gasteiger partial charge is 0.425 e. The summed E-state index contributed by atoms with van der Waals surface area (Å²) in [5, 5.41) is 9.66. The number of carbonyl (C=O) groups is 1. The van der Waals surface area contributed by atoms with Gasteiger partial charge in [-0.25, -0.2) is 13.2 Å². The van der Waals surface area contributed by atoms with E-state index in [4.69, 9.17) is 0 Å². The number of hydrogen-bond acceptors (Lipinski definition) is 3. The van der Waals surface area contributed by atoms with Crippen LogP contribution in [0, 0.1) is 0 Å². The van der Waals surface area contributed by atoms with Crippen molar-refractivity contribution in [1.29, 1.82) is 0 Å². The minimum atomic E-state index is -5.80. The second kappa shape index (κ2) is 4.15. The van der Waals surface area contributed by atoms with E-state index in [1.165, 1.54) is 0 Å². The second-order valence-corrected chi connectivity index (χ2v) is 2.59. The van der Waals surface area contributed by atoms with E-state index in [1.807, 2.05) is 0 Å². The van der Waals surface area contributed by atoms with Gasteiger partial charge >= 0.3 is 12.1 Å². The normalized spacial score (nSPS) is 17.0. The van der Waals surface area contributed by atoms with Gasteiger partial charge in [-0.2, -0.15) is 13.2 Å². The van der Waals surface area contributed by atoms with Crippen LogP contribution in [0.15, 0.2) is 0 Å². The molecule has 0 aromatic carbocycles. The van der Waals surface area contributed by atoms with Crippen molar-refractivity contribution in [2.45, 2.75) is 31.3 Å². The van der Waals surface area contributed by atoms with Crippen molar-refractivity contribution in [1.82, 2.24) is 0 Å². The molecule has 0 aliphatic rings. The summed E-state index contributed by atoms with van der Waals surface area (Å²) in [6, 6.07) is 0. The zero-order chi connectivity index (χ0) is 12.4. The predicted molar refractivity (Wildman–Crippen MR) is 31.8 cm³/mol. The fourth-order valence-corrected chi connectivity index (χ4v) is 0.647. The summed E-state index contributed by atoms with van der Waals surface area (Å²) in [6.45, 7) is 0.286. The van der Waals surface area contributed by atoms with Gasteiger partial charge in [-0.3, -0.25) is 0 Å². The zero-order valence-corrected chi connectivity index (χ0v) is 7.15. The van der Waals surface area contributed by atoms with E-state index in [0.29, 0.717) is 0 Å². The van der Waals surface area contributed by atoms with Gasteiger partial charge in [0, 0.05) is 0 Å². The van der Waals surface area contributed by atoms with Crippen molar-refractivity contribution >= 4 is 6.16 Å². The molecule has 90 valence electrons. The lowest BCUT2D eigenvalue weighted by Crippen LogP contribution is -2.50.